The number of rotatable bonds is 9. The lowest BCUT2D eigenvalue weighted by atomic mass is 10.1. The lowest BCUT2D eigenvalue weighted by Gasteiger charge is -2.10. The Morgan fingerprint density at radius 1 is 1.29 bits per heavy atom. The van der Waals surface area contributed by atoms with Crippen LogP contribution < -0.4 is 11.1 Å². The van der Waals surface area contributed by atoms with Crippen molar-refractivity contribution in [3.05, 3.63) is 30.8 Å². The van der Waals surface area contributed by atoms with E-state index in [4.69, 9.17) is 15.0 Å². The molecule has 0 spiro atoms. The van der Waals surface area contributed by atoms with Crippen LogP contribution >= 0.6 is 0 Å². The summed E-state index contributed by atoms with van der Waals surface area (Å²) >= 11 is 0. The summed E-state index contributed by atoms with van der Waals surface area (Å²) in [6.45, 7) is 4.13. The molecule has 3 aromatic rings. The van der Waals surface area contributed by atoms with Crippen molar-refractivity contribution in [1.29, 1.82) is 0 Å². The number of aromatic nitrogens is 3. The molecule has 0 saturated heterocycles. The predicted octanol–water partition coefficient (Wildman–Crippen LogP) is 2.77. The molecule has 0 aliphatic carbocycles. The summed E-state index contributed by atoms with van der Waals surface area (Å²) in [6.07, 6.45) is 7.13. The van der Waals surface area contributed by atoms with Gasteiger partial charge < -0.3 is 20.3 Å². The standard InChI is InChI=1S/C17H23N5O2/c1-12(18)3-2-5-23-6-4-19-16-7-13(14-9-21-24-11-14)8-17-15(16)10-20-22-17/h7-12,19H,2-6,18H2,1H3,(H,20,22)/t12-/m0/s1. The van der Waals surface area contributed by atoms with Crippen molar-refractivity contribution in [2.45, 2.75) is 25.8 Å². The van der Waals surface area contributed by atoms with Gasteiger partial charge in [-0.2, -0.15) is 5.10 Å². The first-order chi connectivity index (χ1) is 11.7. The zero-order chi connectivity index (χ0) is 16.8. The summed E-state index contributed by atoms with van der Waals surface area (Å²) < 4.78 is 10.6. The largest absolute Gasteiger partial charge is 0.382 e. The van der Waals surface area contributed by atoms with Crippen molar-refractivity contribution in [2.24, 2.45) is 5.73 Å². The highest BCUT2D eigenvalue weighted by Crippen LogP contribution is 2.29. The normalized spacial score (nSPS) is 12.6. The van der Waals surface area contributed by atoms with Crippen LogP contribution in [0.2, 0.25) is 0 Å². The maximum Gasteiger partial charge on any atom is 0.131 e. The van der Waals surface area contributed by atoms with Crippen molar-refractivity contribution in [3.63, 3.8) is 0 Å². The minimum atomic E-state index is 0.237. The van der Waals surface area contributed by atoms with Gasteiger partial charge in [-0.1, -0.05) is 5.16 Å². The van der Waals surface area contributed by atoms with Gasteiger partial charge in [0, 0.05) is 35.8 Å². The van der Waals surface area contributed by atoms with Gasteiger partial charge in [0.15, 0.2) is 0 Å². The van der Waals surface area contributed by atoms with E-state index in [0.717, 1.165) is 53.7 Å². The van der Waals surface area contributed by atoms with Crippen LogP contribution in [0.25, 0.3) is 22.0 Å². The first kappa shape index (κ1) is 16.5. The highest BCUT2D eigenvalue weighted by Gasteiger charge is 2.08. The van der Waals surface area contributed by atoms with Gasteiger partial charge in [0.25, 0.3) is 0 Å². The van der Waals surface area contributed by atoms with Crippen molar-refractivity contribution in [2.75, 3.05) is 25.1 Å². The predicted molar refractivity (Wildman–Crippen MR) is 93.8 cm³/mol. The highest BCUT2D eigenvalue weighted by molar-refractivity contribution is 5.95. The maximum atomic E-state index is 5.72. The highest BCUT2D eigenvalue weighted by atomic mass is 16.5. The molecule has 24 heavy (non-hydrogen) atoms. The molecular weight excluding hydrogens is 306 g/mol. The number of aromatic amines is 1. The number of fused-ring (bicyclic) bond motifs is 1. The molecule has 7 heteroatoms. The summed E-state index contributed by atoms with van der Waals surface area (Å²) in [7, 11) is 0. The monoisotopic (exact) mass is 329 g/mol. The molecule has 0 saturated carbocycles. The van der Waals surface area contributed by atoms with E-state index in [2.05, 4.69) is 26.7 Å². The molecule has 0 fully saturated rings. The zero-order valence-corrected chi connectivity index (χ0v) is 13.8. The Bertz CT molecular complexity index is 752. The van der Waals surface area contributed by atoms with Gasteiger partial charge >= 0.3 is 0 Å². The molecule has 0 unspecified atom stereocenters. The molecule has 1 aromatic carbocycles. The Hall–Kier alpha value is -2.38. The van der Waals surface area contributed by atoms with Crippen LogP contribution in [0.15, 0.2) is 35.3 Å². The van der Waals surface area contributed by atoms with Crippen LogP contribution in [-0.2, 0) is 4.74 Å². The Kier molecular flexibility index (Phi) is 5.45. The van der Waals surface area contributed by atoms with Crippen molar-refractivity contribution in [3.8, 4) is 11.1 Å². The molecular formula is C17H23N5O2. The summed E-state index contributed by atoms with van der Waals surface area (Å²) in [6, 6.07) is 4.34. The van der Waals surface area contributed by atoms with E-state index in [1.807, 2.05) is 19.2 Å². The first-order valence-corrected chi connectivity index (χ1v) is 8.18. The van der Waals surface area contributed by atoms with Crippen LogP contribution in [0.5, 0.6) is 0 Å². The molecule has 1 atom stereocenters. The topological polar surface area (TPSA) is 102 Å². The van der Waals surface area contributed by atoms with Crippen LogP contribution in [0.1, 0.15) is 19.8 Å². The number of H-pyrrole nitrogens is 1. The van der Waals surface area contributed by atoms with Crippen LogP contribution in [-0.4, -0.2) is 41.2 Å². The molecule has 7 nitrogen and oxygen atoms in total. The second kappa shape index (κ2) is 7.94. The molecule has 0 aliphatic heterocycles. The first-order valence-electron chi connectivity index (χ1n) is 8.18. The van der Waals surface area contributed by atoms with Crippen LogP contribution in [0.3, 0.4) is 0 Å². The van der Waals surface area contributed by atoms with E-state index in [1.54, 1.807) is 12.5 Å². The van der Waals surface area contributed by atoms with Gasteiger partial charge in [-0.15, -0.1) is 0 Å². The van der Waals surface area contributed by atoms with E-state index >= 15 is 0 Å². The van der Waals surface area contributed by atoms with Crippen molar-refractivity contribution >= 4 is 16.6 Å². The number of hydrogen-bond donors (Lipinski definition) is 3. The lowest BCUT2D eigenvalue weighted by molar-refractivity contribution is 0.139. The van der Waals surface area contributed by atoms with E-state index in [9.17, 15) is 0 Å². The van der Waals surface area contributed by atoms with Gasteiger partial charge in [-0.05, 0) is 37.5 Å². The Labute approximate surface area is 140 Å². The van der Waals surface area contributed by atoms with Gasteiger partial charge in [0.05, 0.1) is 24.5 Å². The van der Waals surface area contributed by atoms with Gasteiger partial charge in [0.1, 0.15) is 6.26 Å². The molecule has 2 aromatic heterocycles. The average Bonchev–Trinajstić information content (AvgIpc) is 3.24. The number of ether oxygens (including phenoxy) is 1. The Morgan fingerprint density at radius 2 is 2.21 bits per heavy atom. The molecule has 3 rings (SSSR count). The third-order valence-corrected chi connectivity index (χ3v) is 3.83. The average molecular weight is 329 g/mol. The smallest absolute Gasteiger partial charge is 0.131 e. The number of anilines is 1. The number of nitrogens with two attached hydrogens (primary N) is 1. The third kappa shape index (κ3) is 4.12. The molecule has 0 radical (unpaired) electrons. The lowest BCUT2D eigenvalue weighted by Crippen LogP contribution is -2.16. The minimum Gasteiger partial charge on any atom is -0.382 e. The molecule has 0 amide bonds. The second-order valence-electron chi connectivity index (χ2n) is 5.93. The van der Waals surface area contributed by atoms with E-state index < -0.39 is 0 Å². The quantitative estimate of drug-likeness (QED) is 0.522. The van der Waals surface area contributed by atoms with E-state index in [0.29, 0.717) is 6.61 Å². The Morgan fingerprint density at radius 3 is 3.00 bits per heavy atom. The summed E-state index contributed by atoms with van der Waals surface area (Å²) in [5.41, 5.74) is 9.65. The minimum absolute atomic E-state index is 0.237. The fraction of sp³-hybridized carbons (Fsp3) is 0.412. The Balaban J connectivity index is 1.59. The van der Waals surface area contributed by atoms with Gasteiger partial charge in [-0.3, -0.25) is 5.10 Å². The van der Waals surface area contributed by atoms with Gasteiger partial charge in [0.2, 0.25) is 0 Å². The van der Waals surface area contributed by atoms with E-state index in [1.165, 1.54) is 0 Å². The summed E-state index contributed by atoms with van der Waals surface area (Å²) in [5.74, 6) is 0. The second-order valence-corrected chi connectivity index (χ2v) is 5.93. The summed E-state index contributed by atoms with van der Waals surface area (Å²) in [4.78, 5) is 0. The maximum absolute atomic E-state index is 5.72. The van der Waals surface area contributed by atoms with Crippen molar-refractivity contribution in [1.82, 2.24) is 15.4 Å². The molecule has 0 aliphatic rings. The zero-order valence-electron chi connectivity index (χ0n) is 13.8. The molecule has 0 bridgehead atoms. The van der Waals surface area contributed by atoms with E-state index in [-0.39, 0.29) is 6.04 Å². The van der Waals surface area contributed by atoms with Gasteiger partial charge in [-0.25, -0.2) is 0 Å². The summed E-state index contributed by atoms with van der Waals surface area (Å²) in [5, 5.41) is 15.4. The number of nitrogens with zero attached hydrogens (tertiary/aromatic N) is 2. The van der Waals surface area contributed by atoms with Crippen LogP contribution in [0, 0.1) is 0 Å². The SMILES string of the molecule is C[C@H](N)CCCOCCNc1cc(-c2cnoc2)cc2[nH]ncc12. The molecule has 128 valence electrons. The third-order valence-electron chi connectivity index (χ3n) is 3.83. The number of hydrogen-bond acceptors (Lipinski definition) is 6. The number of benzene rings is 1. The van der Waals surface area contributed by atoms with Crippen molar-refractivity contribution < 1.29 is 9.26 Å². The molecule has 2 heterocycles. The fourth-order valence-corrected chi connectivity index (χ4v) is 2.58. The van der Waals surface area contributed by atoms with Crippen LogP contribution in [0.4, 0.5) is 5.69 Å². The number of nitrogens with one attached hydrogen (secondary N) is 2. The molecule has 4 N–H and O–H groups in total. The fourth-order valence-electron chi connectivity index (χ4n) is 2.58.